The summed E-state index contributed by atoms with van der Waals surface area (Å²) in [4.78, 5) is 7.72. The molecular formula is C14H12FN3OS. The molecule has 0 amide bonds. The molecule has 3 rings (SSSR count). The lowest BCUT2D eigenvalue weighted by molar-refractivity contribution is 0.626. The van der Waals surface area contributed by atoms with Crippen molar-refractivity contribution in [2.45, 2.75) is 11.4 Å². The first-order chi connectivity index (χ1) is 9.72. The van der Waals surface area contributed by atoms with Gasteiger partial charge in [-0.1, -0.05) is 6.07 Å². The molecule has 1 heterocycles. The van der Waals surface area contributed by atoms with E-state index in [1.165, 1.54) is 24.3 Å². The van der Waals surface area contributed by atoms with E-state index >= 15 is 0 Å². The number of imidazole rings is 1. The molecule has 20 heavy (non-hydrogen) atoms. The van der Waals surface area contributed by atoms with E-state index in [2.05, 4.69) is 14.7 Å². The average Bonchev–Trinajstić information content (AvgIpc) is 2.93. The molecule has 1 unspecified atom stereocenters. The number of aromatic amines is 1. The van der Waals surface area contributed by atoms with E-state index in [1.54, 1.807) is 6.33 Å². The normalized spacial score (nSPS) is 12.7. The fourth-order valence-electron chi connectivity index (χ4n) is 1.88. The summed E-state index contributed by atoms with van der Waals surface area (Å²) in [5.74, 6) is -0.338. The molecule has 6 heteroatoms. The Labute approximate surface area is 117 Å². The molecule has 0 bridgehead atoms. The molecule has 4 nitrogen and oxygen atoms in total. The third kappa shape index (κ3) is 2.76. The number of aromatic nitrogens is 2. The van der Waals surface area contributed by atoms with Gasteiger partial charge in [0.2, 0.25) is 0 Å². The number of rotatable bonds is 4. The molecular weight excluding hydrogens is 277 g/mol. The summed E-state index contributed by atoms with van der Waals surface area (Å²) in [5, 5.41) is 0. The summed E-state index contributed by atoms with van der Waals surface area (Å²) in [6, 6.07) is 11.4. The van der Waals surface area contributed by atoms with Crippen molar-refractivity contribution in [2.75, 3.05) is 0 Å². The van der Waals surface area contributed by atoms with Gasteiger partial charge in [-0.15, -0.1) is 0 Å². The first-order valence-corrected chi connectivity index (χ1v) is 7.20. The molecule has 102 valence electrons. The Balaban J connectivity index is 1.69. The molecule has 1 aromatic heterocycles. The van der Waals surface area contributed by atoms with Crippen LogP contribution < -0.4 is 4.72 Å². The highest BCUT2D eigenvalue weighted by Crippen LogP contribution is 2.12. The Morgan fingerprint density at radius 1 is 1.20 bits per heavy atom. The second-order valence-electron chi connectivity index (χ2n) is 4.30. The van der Waals surface area contributed by atoms with Gasteiger partial charge in [-0.05, 0) is 42.0 Å². The summed E-state index contributed by atoms with van der Waals surface area (Å²) >= 11 is 0. The number of hydrogen-bond donors (Lipinski definition) is 2. The molecule has 0 saturated heterocycles. The van der Waals surface area contributed by atoms with Gasteiger partial charge < -0.3 is 4.98 Å². The van der Waals surface area contributed by atoms with Crippen LogP contribution in [0.25, 0.3) is 11.0 Å². The van der Waals surface area contributed by atoms with Crippen molar-refractivity contribution in [1.82, 2.24) is 14.7 Å². The maximum absolute atomic E-state index is 12.8. The maximum Gasteiger partial charge on any atom is 0.125 e. The van der Waals surface area contributed by atoms with Gasteiger partial charge in [-0.25, -0.2) is 18.3 Å². The third-order valence-corrected chi connectivity index (χ3v) is 4.03. The SMILES string of the molecule is O=S(NCc1ccc2nc[nH]c2c1)c1ccc(F)cc1. The van der Waals surface area contributed by atoms with Crippen LogP contribution in [0.2, 0.25) is 0 Å². The first-order valence-electron chi connectivity index (χ1n) is 6.05. The maximum atomic E-state index is 12.8. The zero-order valence-corrected chi connectivity index (χ0v) is 11.3. The summed E-state index contributed by atoms with van der Waals surface area (Å²) in [5.41, 5.74) is 2.84. The second kappa shape index (κ2) is 5.52. The lowest BCUT2D eigenvalue weighted by Gasteiger charge is -2.05. The van der Waals surface area contributed by atoms with Crippen LogP contribution in [0.15, 0.2) is 53.7 Å². The number of hydrogen-bond acceptors (Lipinski definition) is 2. The van der Waals surface area contributed by atoms with E-state index in [0.29, 0.717) is 11.4 Å². The van der Waals surface area contributed by atoms with Crippen molar-refractivity contribution in [3.05, 3.63) is 60.2 Å². The van der Waals surface area contributed by atoms with Crippen molar-refractivity contribution in [3.63, 3.8) is 0 Å². The van der Waals surface area contributed by atoms with Crippen molar-refractivity contribution in [2.24, 2.45) is 0 Å². The van der Waals surface area contributed by atoms with Gasteiger partial charge in [0.1, 0.15) is 16.8 Å². The van der Waals surface area contributed by atoms with E-state index in [0.717, 1.165) is 16.6 Å². The number of benzene rings is 2. The van der Waals surface area contributed by atoms with Crippen molar-refractivity contribution in [1.29, 1.82) is 0 Å². The molecule has 0 aliphatic carbocycles. The molecule has 3 aromatic rings. The molecule has 0 fully saturated rings. The molecule has 1 atom stereocenters. The first kappa shape index (κ1) is 13.0. The van der Waals surface area contributed by atoms with Crippen LogP contribution in [0.1, 0.15) is 5.56 Å². The summed E-state index contributed by atoms with van der Waals surface area (Å²) in [6.45, 7) is 0.457. The molecule has 0 spiro atoms. The van der Waals surface area contributed by atoms with Crippen LogP contribution in [0.3, 0.4) is 0 Å². The van der Waals surface area contributed by atoms with Gasteiger partial charge in [-0.3, -0.25) is 0 Å². The van der Waals surface area contributed by atoms with Crippen LogP contribution in [0.5, 0.6) is 0 Å². The fourth-order valence-corrected chi connectivity index (χ4v) is 2.73. The summed E-state index contributed by atoms with van der Waals surface area (Å²) < 4.78 is 27.7. The van der Waals surface area contributed by atoms with Crippen LogP contribution in [0.4, 0.5) is 4.39 Å². The van der Waals surface area contributed by atoms with E-state index < -0.39 is 11.0 Å². The van der Waals surface area contributed by atoms with Gasteiger partial charge in [0.15, 0.2) is 0 Å². The predicted molar refractivity (Wildman–Crippen MR) is 75.7 cm³/mol. The summed E-state index contributed by atoms with van der Waals surface area (Å²) in [7, 11) is -1.36. The topological polar surface area (TPSA) is 57.8 Å². The predicted octanol–water partition coefficient (Wildman–Crippen LogP) is 2.51. The van der Waals surface area contributed by atoms with E-state index in [9.17, 15) is 8.60 Å². The van der Waals surface area contributed by atoms with Crippen LogP contribution >= 0.6 is 0 Å². The second-order valence-corrected chi connectivity index (χ2v) is 5.60. The molecule has 0 saturated carbocycles. The minimum absolute atomic E-state index is 0.338. The number of nitrogens with zero attached hydrogens (tertiary/aromatic N) is 1. The quantitative estimate of drug-likeness (QED) is 0.775. The number of H-pyrrole nitrogens is 1. The Bertz CT molecular complexity index is 754. The number of fused-ring (bicyclic) bond motifs is 1. The zero-order valence-electron chi connectivity index (χ0n) is 10.5. The van der Waals surface area contributed by atoms with Gasteiger partial charge in [-0.2, -0.15) is 0 Å². The fraction of sp³-hybridized carbons (Fsp3) is 0.0714. The zero-order chi connectivity index (χ0) is 13.9. The van der Waals surface area contributed by atoms with Gasteiger partial charge >= 0.3 is 0 Å². The highest BCUT2D eigenvalue weighted by molar-refractivity contribution is 7.83. The lowest BCUT2D eigenvalue weighted by atomic mass is 10.2. The Kier molecular flexibility index (Phi) is 3.58. The van der Waals surface area contributed by atoms with Crippen molar-refractivity contribution in [3.8, 4) is 0 Å². The van der Waals surface area contributed by atoms with E-state index in [1.807, 2.05) is 18.2 Å². The molecule has 2 N–H and O–H groups in total. The molecule has 2 aromatic carbocycles. The van der Waals surface area contributed by atoms with Crippen LogP contribution in [0, 0.1) is 5.82 Å². The Hall–Kier alpha value is -2.05. The average molecular weight is 289 g/mol. The van der Waals surface area contributed by atoms with E-state index in [4.69, 9.17) is 0 Å². The van der Waals surface area contributed by atoms with Crippen LogP contribution in [-0.2, 0) is 17.5 Å². The standard InChI is InChI=1S/C14H12FN3OS/c15-11-2-4-12(5-3-11)20(19)18-8-10-1-6-13-14(7-10)17-9-16-13/h1-7,9,18H,8H2,(H,16,17). The smallest absolute Gasteiger partial charge is 0.125 e. The Morgan fingerprint density at radius 3 is 2.80 bits per heavy atom. The molecule has 0 aliphatic heterocycles. The van der Waals surface area contributed by atoms with E-state index in [-0.39, 0.29) is 5.82 Å². The monoisotopic (exact) mass is 289 g/mol. The minimum atomic E-state index is -1.36. The number of nitrogens with one attached hydrogen (secondary N) is 2. The number of halogens is 1. The molecule has 0 radical (unpaired) electrons. The minimum Gasteiger partial charge on any atom is -0.345 e. The van der Waals surface area contributed by atoms with Gasteiger partial charge in [0.25, 0.3) is 0 Å². The highest BCUT2D eigenvalue weighted by atomic mass is 32.2. The highest BCUT2D eigenvalue weighted by Gasteiger charge is 2.04. The van der Waals surface area contributed by atoms with Crippen molar-refractivity contribution < 1.29 is 8.60 Å². The lowest BCUT2D eigenvalue weighted by Crippen LogP contribution is -2.16. The summed E-state index contributed by atoms with van der Waals surface area (Å²) in [6.07, 6.45) is 1.64. The van der Waals surface area contributed by atoms with Gasteiger partial charge in [0, 0.05) is 6.54 Å². The Morgan fingerprint density at radius 2 is 2.00 bits per heavy atom. The third-order valence-electron chi connectivity index (χ3n) is 2.92. The van der Waals surface area contributed by atoms with Gasteiger partial charge in [0.05, 0.1) is 22.3 Å². The van der Waals surface area contributed by atoms with Crippen LogP contribution in [-0.4, -0.2) is 14.2 Å². The largest absolute Gasteiger partial charge is 0.345 e. The molecule has 0 aliphatic rings. The van der Waals surface area contributed by atoms with Crippen molar-refractivity contribution >= 4 is 22.0 Å².